The van der Waals surface area contributed by atoms with Crippen LogP contribution in [0.3, 0.4) is 0 Å². The summed E-state index contributed by atoms with van der Waals surface area (Å²) in [5, 5.41) is 10.4. The highest BCUT2D eigenvalue weighted by Gasteiger charge is 2.15. The van der Waals surface area contributed by atoms with Gasteiger partial charge >= 0.3 is 0 Å². The Morgan fingerprint density at radius 3 is 2.60 bits per heavy atom. The minimum Gasteiger partial charge on any atom is -0.267 e. The summed E-state index contributed by atoms with van der Waals surface area (Å²) < 4.78 is 62.2. The molecule has 0 aliphatic rings. The summed E-state index contributed by atoms with van der Waals surface area (Å²) in [7, 11) is -4.70. The van der Waals surface area contributed by atoms with Crippen LogP contribution in [0.15, 0.2) is 29.2 Å². The third-order valence-electron chi connectivity index (χ3n) is 1.49. The molecule has 0 aliphatic carbocycles. The van der Waals surface area contributed by atoms with Gasteiger partial charge in [-0.25, -0.2) is 0 Å². The molecule has 0 unspecified atom stereocenters. The van der Waals surface area contributed by atoms with E-state index in [0.717, 1.165) is 24.3 Å². The molecule has 0 heterocycles. The van der Waals surface area contributed by atoms with Crippen molar-refractivity contribution in [2.24, 2.45) is 0 Å². The Balaban J connectivity index is 3.09. The summed E-state index contributed by atoms with van der Waals surface area (Å²) in [4.78, 5) is 9.07. The van der Waals surface area contributed by atoms with E-state index in [4.69, 9.17) is 6.85 Å². The van der Waals surface area contributed by atoms with Gasteiger partial charge in [0.2, 0.25) is 0 Å². The van der Waals surface area contributed by atoms with Crippen molar-refractivity contribution in [3.8, 4) is 0 Å². The van der Waals surface area contributed by atoms with E-state index in [0.29, 0.717) is 0 Å². The van der Waals surface area contributed by atoms with E-state index in [1.807, 2.05) is 0 Å². The molecular weight excluding hydrogens is 222 g/mol. The van der Waals surface area contributed by atoms with Gasteiger partial charge in [0, 0.05) is 16.2 Å². The molecule has 82 valence electrons. The zero-order valence-corrected chi connectivity index (χ0v) is 8.02. The fraction of sp³-hybridized carbons (Fsp3) is 0.250. The lowest BCUT2D eigenvalue weighted by Crippen LogP contribution is -2.05. The average molecular weight is 236 g/mol. The van der Waals surface area contributed by atoms with Gasteiger partial charge in [0.1, 0.15) is 0 Å². The quantitative estimate of drug-likeness (QED) is 0.447. The number of benzene rings is 1. The van der Waals surface area contributed by atoms with Gasteiger partial charge < -0.3 is 0 Å². The van der Waals surface area contributed by atoms with Gasteiger partial charge in [0.15, 0.2) is 0 Å². The van der Waals surface area contributed by atoms with Crippen LogP contribution in [-0.2, 0) is 14.3 Å². The number of nitro groups is 1. The van der Waals surface area contributed by atoms with Crippen LogP contribution in [0.1, 0.15) is 13.7 Å². The maximum atomic E-state index is 11.7. The molecule has 15 heavy (non-hydrogen) atoms. The molecule has 0 aromatic heterocycles. The van der Waals surface area contributed by atoms with Crippen molar-refractivity contribution in [2.45, 2.75) is 11.7 Å². The van der Waals surface area contributed by atoms with Crippen LogP contribution < -0.4 is 0 Å². The van der Waals surface area contributed by atoms with Gasteiger partial charge in [-0.2, -0.15) is 8.42 Å². The number of hydrogen-bond acceptors (Lipinski definition) is 5. The fourth-order valence-corrected chi connectivity index (χ4v) is 1.51. The molecule has 1 rings (SSSR count). The Bertz CT molecular complexity index is 609. The molecule has 0 bridgehead atoms. The first kappa shape index (κ1) is 6.19. The van der Waals surface area contributed by atoms with Crippen molar-refractivity contribution < 1.29 is 24.4 Å². The summed E-state index contributed by atoms with van der Waals surface area (Å²) in [5.74, 6) is 0. The number of nitrogens with zero attached hydrogens (tertiary/aromatic N) is 1. The van der Waals surface area contributed by atoms with E-state index in [1.54, 1.807) is 0 Å². The van der Waals surface area contributed by atoms with E-state index in [-0.39, 0.29) is 5.69 Å². The van der Waals surface area contributed by atoms with E-state index < -0.39 is 33.3 Å². The number of hydrogen-bond donors (Lipinski definition) is 0. The normalized spacial score (nSPS) is 18.0. The summed E-state index contributed by atoms with van der Waals surface area (Å²) in [6.07, 6.45) is 0. The van der Waals surface area contributed by atoms with Crippen LogP contribution in [0.25, 0.3) is 0 Å². The Hall–Kier alpha value is -1.47. The van der Waals surface area contributed by atoms with Crippen LogP contribution in [0.2, 0.25) is 0 Å². The Morgan fingerprint density at radius 2 is 2.13 bits per heavy atom. The van der Waals surface area contributed by atoms with Crippen molar-refractivity contribution in [1.29, 1.82) is 0 Å². The Labute approximate surface area is 93.8 Å². The van der Waals surface area contributed by atoms with Crippen LogP contribution in [0.5, 0.6) is 0 Å². The van der Waals surface area contributed by atoms with Gasteiger partial charge in [0.25, 0.3) is 15.8 Å². The first-order valence-electron chi connectivity index (χ1n) is 6.07. The second-order valence-electron chi connectivity index (χ2n) is 2.39. The molecule has 0 N–H and O–H groups in total. The van der Waals surface area contributed by atoms with E-state index in [9.17, 15) is 18.5 Å². The predicted molar refractivity (Wildman–Crippen MR) is 51.9 cm³/mol. The smallest absolute Gasteiger partial charge is 0.267 e. The Morgan fingerprint density at radius 1 is 1.53 bits per heavy atom. The van der Waals surface area contributed by atoms with E-state index in [2.05, 4.69) is 4.18 Å². The second kappa shape index (κ2) is 4.37. The Kier molecular flexibility index (Phi) is 1.80. The van der Waals surface area contributed by atoms with Crippen LogP contribution >= 0.6 is 0 Å². The molecule has 1 aromatic rings. The van der Waals surface area contributed by atoms with Gasteiger partial charge in [-0.3, -0.25) is 14.3 Å². The van der Waals surface area contributed by atoms with Crippen molar-refractivity contribution in [3.63, 3.8) is 0 Å². The zero-order valence-electron chi connectivity index (χ0n) is 12.2. The molecule has 7 heteroatoms. The lowest BCUT2D eigenvalue weighted by molar-refractivity contribution is -0.384. The summed E-state index contributed by atoms with van der Waals surface area (Å²) in [6, 6.07) is 3.40. The molecule has 6 nitrogen and oxygen atoms in total. The molecule has 0 saturated heterocycles. The number of rotatable bonds is 4. The first-order chi connectivity index (χ1) is 8.87. The standard InChI is InChI=1S/C8H9NO5S/c1-2-14-15(12,13)8-5-3-7(4-6-8)9(10)11/h3-6H,2H2,1H3/i1D3,2D2. The summed E-state index contributed by atoms with van der Waals surface area (Å²) >= 11 is 0. The van der Waals surface area contributed by atoms with Gasteiger partial charge in [0.05, 0.1) is 19.1 Å². The SMILES string of the molecule is [2H]C([2H])([2H])C([2H])([2H])OS(=O)(=O)c1ccc([N+](=O)[O-])cc1. The van der Waals surface area contributed by atoms with E-state index in [1.165, 1.54) is 0 Å². The van der Waals surface area contributed by atoms with Gasteiger partial charge in [-0.05, 0) is 19.0 Å². The maximum Gasteiger partial charge on any atom is 0.296 e. The molecule has 0 amide bonds. The highest BCUT2D eigenvalue weighted by atomic mass is 32.2. The average Bonchev–Trinajstić information content (AvgIpc) is 2.26. The van der Waals surface area contributed by atoms with Gasteiger partial charge in [-0.1, -0.05) is 0 Å². The largest absolute Gasteiger partial charge is 0.296 e. The molecule has 1 aromatic carbocycles. The lowest BCUT2D eigenvalue weighted by atomic mass is 10.3. The maximum absolute atomic E-state index is 11.7. The molecule has 0 radical (unpaired) electrons. The lowest BCUT2D eigenvalue weighted by Gasteiger charge is -2.02. The van der Waals surface area contributed by atoms with Crippen molar-refractivity contribution in [2.75, 3.05) is 6.56 Å². The molecule has 0 aliphatic heterocycles. The van der Waals surface area contributed by atoms with Crippen LogP contribution in [-0.4, -0.2) is 19.9 Å². The molecular formula is C8H9NO5S. The highest BCUT2D eigenvalue weighted by molar-refractivity contribution is 7.86. The van der Waals surface area contributed by atoms with Crippen molar-refractivity contribution >= 4 is 15.8 Å². The third kappa shape index (κ3) is 2.74. The van der Waals surface area contributed by atoms with Crippen LogP contribution in [0.4, 0.5) is 5.69 Å². The molecule has 0 atom stereocenters. The van der Waals surface area contributed by atoms with Gasteiger partial charge in [-0.15, -0.1) is 0 Å². The molecule has 0 fully saturated rings. The van der Waals surface area contributed by atoms with Crippen molar-refractivity contribution in [3.05, 3.63) is 34.4 Å². The fourth-order valence-electron chi connectivity index (χ4n) is 0.837. The van der Waals surface area contributed by atoms with Crippen molar-refractivity contribution in [1.82, 2.24) is 0 Å². The predicted octanol–water partition coefficient (Wildman–Crippen LogP) is 1.32. The minimum atomic E-state index is -4.70. The minimum absolute atomic E-state index is 0.372. The van der Waals surface area contributed by atoms with E-state index >= 15 is 0 Å². The molecule has 0 saturated carbocycles. The third-order valence-corrected chi connectivity index (χ3v) is 2.64. The molecule has 0 spiro atoms. The summed E-state index contributed by atoms with van der Waals surface area (Å²) in [6.45, 7) is -6.71. The number of non-ortho nitro benzene ring substituents is 1. The zero-order chi connectivity index (χ0) is 15.8. The number of nitro benzene ring substituents is 1. The highest BCUT2D eigenvalue weighted by Crippen LogP contribution is 2.17. The topological polar surface area (TPSA) is 86.5 Å². The second-order valence-corrected chi connectivity index (χ2v) is 3.94. The monoisotopic (exact) mass is 236 g/mol. The van der Waals surface area contributed by atoms with Crippen LogP contribution in [0, 0.1) is 10.1 Å². The first-order valence-corrected chi connectivity index (χ1v) is 4.98. The summed E-state index contributed by atoms with van der Waals surface area (Å²) in [5.41, 5.74) is -0.372.